The maximum absolute atomic E-state index is 11.6. The van der Waals surface area contributed by atoms with Crippen LogP contribution < -0.4 is 5.43 Å². The predicted octanol–water partition coefficient (Wildman–Crippen LogP) is 3.15. The van der Waals surface area contributed by atoms with Crippen molar-refractivity contribution in [1.29, 1.82) is 0 Å². The molecular formula is C13H9Cl2N3O. The van der Waals surface area contributed by atoms with Crippen LogP contribution in [0.3, 0.4) is 0 Å². The van der Waals surface area contributed by atoms with E-state index in [1.54, 1.807) is 36.4 Å². The van der Waals surface area contributed by atoms with E-state index in [-0.39, 0.29) is 5.91 Å². The second-order valence-electron chi connectivity index (χ2n) is 3.59. The first kappa shape index (κ1) is 13.5. The molecule has 0 aliphatic rings. The first-order chi connectivity index (χ1) is 9.16. The zero-order valence-electron chi connectivity index (χ0n) is 9.68. The van der Waals surface area contributed by atoms with Crippen LogP contribution in [0.5, 0.6) is 0 Å². The lowest BCUT2D eigenvalue weighted by Gasteiger charge is -1.99. The van der Waals surface area contributed by atoms with Gasteiger partial charge in [-0.15, -0.1) is 0 Å². The van der Waals surface area contributed by atoms with Crippen molar-refractivity contribution in [2.75, 3.05) is 0 Å². The van der Waals surface area contributed by atoms with Gasteiger partial charge in [0.15, 0.2) is 0 Å². The lowest BCUT2D eigenvalue weighted by molar-refractivity contribution is 0.0950. The molecule has 1 amide bonds. The van der Waals surface area contributed by atoms with Gasteiger partial charge in [-0.05, 0) is 29.8 Å². The van der Waals surface area contributed by atoms with E-state index in [1.165, 1.54) is 12.4 Å². The molecule has 0 aliphatic heterocycles. The molecule has 4 nitrogen and oxygen atoms in total. The molecule has 1 heterocycles. The SMILES string of the molecule is O=C(N/N=C/c1ccc(Cl)c(Cl)c1)c1ccccn1. The van der Waals surface area contributed by atoms with E-state index < -0.39 is 0 Å². The minimum Gasteiger partial charge on any atom is -0.266 e. The Balaban J connectivity index is 2.00. The van der Waals surface area contributed by atoms with E-state index in [4.69, 9.17) is 23.2 Å². The lowest BCUT2D eigenvalue weighted by Crippen LogP contribution is -2.18. The molecule has 19 heavy (non-hydrogen) atoms. The summed E-state index contributed by atoms with van der Waals surface area (Å²) in [5, 5.41) is 4.72. The van der Waals surface area contributed by atoms with Gasteiger partial charge < -0.3 is 0 Å². The first-order valence-electron chi connectivity index (χ1n) is 5.36. The van der Waals surface area contributed by atoms with E-state index in [1.807, 2.05) is 0 Å². The average Bonchev–Trinajstić information content (AvgIpc) is 2.43. The number of aromatic nitrogens is 1. The van der Waals surface area contributed by atoms with Gasteiger partial charge in [-0.25, -0.2) is 5.43 Å². The fraction of sp³-hybridized carbons (Fsp3) is 0. The van der Waals surface area contributed by atoms with E-state index in [0.29, 0.717) is 15.7 Å². The summed E-state index contributed by atoms with van der Waals surface area (Å²) in [5.41, 5.74) is 3.41. The quantitative estimate of drug-likeness (QED) is 0.698. The third-order valence-electron chi connectivity index (χ3n) is 2.22. The number of hydrazone groups is 1. The maximum atomic E-state index is 11.6. The Morgan fingerprint density at radius 1 is 1.21 bits per heavy atom. The number of nitrogens with zero attached hydrogens (tertiary/aromatic N) is 2. The molecule has 0 atom stereocenters. The minimum absolute atomic E-state index is 0.300. The molecule has 2 aromatic rings. The van der Waals surface area contributed by atoms with Crippen LogP contribution in [0.4, 0.5) is 0 Å². The Bertz CT molecular complexity index is 615. The van der Waals surface area contributed by atoms with Gasteiger partial charge in [0, 0.05) is 6.20 Å². The number of pyridine rings is 1. The summed E-state index contributed by atoms with van der Waals surface area (Å²) in [6.07, 6.45) is 3.01. The fourth-order valence-electron chi connectivity index (χ4n) is 1.31. The Morgan fingerprint density at radius 2 is 2.05 bits per heavy atom. The molecule has 0 saturated carbocycles. The van der Waals surface area contributed by atoms with Crippen LogP contribution in [-0.4, -0.2) is 17.1 Å². The standard InChI is InChI=1S/C13H9Cl2N3O/c14-10-5-4-9(7-11(10)15)8-17-18-13(19)12-3-1-2-6-16-12/h1-8H,(H,18,19)/b17-8+. The van der Waals surface area contributed by atoms with Gasteiger partial charge in [0.25, 0.3) is 5.91 Å². The molecule has 1 N–H and O–H groups in total. The van der Waals surface area contributed by atoms with E-state index in [0.717, 1.165) is 5.56 Å². The van der Waals surface area contributed by atoms with Crippen LogP contribution in [0.25, 0.3) is 0 Å². The summed E-state index contributed by atoms with van der Waals surface area (Å²) in [6, 6.07) is 10.1. The molecule has 6 heteroatoms. The summed E-state index contributed by atoms with van der Waals surface area (Å²) in [5.74, 6) is -0.378. The Hall–Kier alpha value is -1.91. The molecule has 0 bridgehead atoms. The topological polar surface area (TPSA) is 54.4 Å². The Labute approximate surface area is 120 Å². The Morgan fingerprint density at radius 3 is 2.74 bits per heavy atom. The molecule has 1 aromatic heterocycles. The van der Waals surface area contributed by atoms with Crippen LogP contribution in [0, 0.1) is 0 Å². The smallest absolute Gasteiger partial charge is 0.266 e. The zero-order chi connectivity index (χ0) is 13.7. The van der Waals surface area contributed by atoms with Gasteiger partial charge in [-0.2, -0.15) is 5.10 Å². The molecule has 1 aromatic carbocycles. The highest BCUT2D eigenvalue weighted by atomic mass is 35.5. The second kappa shape index (κ2) is 6.31. The molecular weight excluding hydrogens is 285 g/mol. The molecule has 0 radical (unpaired) electrons. The number of hydrogen-bond donors (Lipinski definition) is 1. The lowest BCUT2D eigenvalue weighted by atomic mass is 10.2. The molecule has 2 rings (SSSR count). The Kier molecular flexibility index (Phi) is 4.49. The number of hydrogen-bond acceptors (Lipinski definition) is 3. The first-order valence-corrected chi connectivity index (χ1v) is 6.12. The summed E-state index contributed by atoms with van der Waals surface area (Å²) >= 11 is 11.7. The van der Waals surface area contributed by atoms with Crippen molar-refractivity contribution < 1.29 is 4.79 Å². The average molecular weight is 294 g/mol. The van der Waals surface area contributed by atoms with Crippen molar-refractivity contribution in [3.05, 3.63) is 63.9 Å². The van der Waals surface area contributed by atoms with Crippen molar-refractivity contribution in [1.82, 2.24) is 10.4 Å². The highest BCUT2D eigenvalue weighted by Crippen LogP contribution is 2.21. The highest BCUT2D eigenvalue weighted by molar-refractivity contribution is 6.42. The van der Waals surface area contributed by atoms with Crippen molar-refractivity contribution in [3.63, 3.8) is 0 Å². The van der Waals surface area contributed by atoms with Gasteiger partial charge in [-0.3, -0.25) is 9.78 Å². The molecule has 96 valence electrons. The van der Waals surface area contributed by atoms with Crippen LogP contribution in [-0.2, 0) is 0 Å². The zero-order valence-corrected chi connectivity index (χ0v) is 11.2. The van der Waals surface area contributed by atoms with Crippen LogP contribution in [0.15, 0.2) is 47.7 Å². The molecule has 0 aliphatic carbocycles. The largest absolute Gasteiger partial charge is 0.289 e. The van der Waals surface area contributed by atoms with Crippen molar-refractivity contribution in [3.8, 4) is 0 Å². The van der Waals surface area contributed by atoms with Gasteiger partial charge in [0.2, 0.25) is 0 Å². The minimum atomic E-state index is -0.378. The summed E-state index contributed by atoms with van der Waals surface area (Å²) < 4.78 is 0. The van der Waals surface area contributed by atoms with Crippen LogP contribution >= 0.6 is 23.2 Å². The van der Waals surface area contributed by atoms with Gasteiger partial charge in [-0.1, -0.05) is 35.3 Å². The fourth-order valence-corrected chi connectivity index (χ4v) is 1.62. The molecule has 0 spiro atoms. The highest BCUT2D eigenvalue weighted by Gasteiger charge is 2.03. The number of amides is 1. The second-order valence-corrected chi connectivity index (χ2v) is 4.40. The number of rotatable bonds is 3. The van der Waals surface area contributed by atoms with Gasteiger partial charge >= 0.3 is 0 Å². The van der Waals surface area contributed by atoms with Crippen LogP contribution in [0.1, 0.15) is 16.1 Å². The number of halogens is 2. The van der Waals surface area contributed by atoms with Crippen molar-refractivity contribution in [2.24, 2.45) is 5.10 Å². The van der Waals surface area contributed by atoms with Crippen molar-refractivity contribution >= 4 is 35.3 Å². The number of nitrogens with one attached hydrogen (secondary N) is 1. The summed E-state index contributed by atoms with van der Waals surface area (Å²) in [7, 11) is 0. The third-order valence-corrected chi connectivity index (χ3v) is 2.96. The van der Waals surface area contributed by atoms with E-state index in [2.05, 4.69) is 15.5 Å². The number of carbonyl (C=O) groups is 1. The molecule has 0 unspecified atom stereocenters. The summed E-state index contributed by atoms with van der Waals surface area (Å²) in [4.78, 5) is 15.5. The van der Waals surface area contributed by atoms with E-state index >= 15 is 0 Å². The maximum Gasteiger partial charge on any atom is 0.289 e. The monoisotopic (exact) mass is 293 g/mol. The number of carbonyl (C=O) groups excluding carboxylic acids is 1. The molecule has 0 fully saturated rings. The summed E-state index contributed by atoms with van der Waals surface area (Å²) in [6.45, 7) is 0. The number of benzene rings is 1. The predicted molar refractivity (Wildman–Crippen MR) is 75.8 cm³/mol. The van der Waals surface area contributed by atoms with E-state index in [9.17, 15) is 4.79 Å². The molecule has 0 saturated heterocycles. The third kappa shape index (κ3) is 3.77. The van der Waals surface area contributed by atoms with Gasteiger partial charge in [0.1, 0.15) is 5.69 Å². The van der Waals surface area contributed by atoms with Gasteiger partial charge in [0.05, 0.1) is 16.3 Å². The van der Waals surface area contributed by atoms with Crippen molar-refractivity contribution in [2.45, 2.75) is 0 Å². The normalized spacial score (nSPS) is 10.6. The van der Waals surface area contributed by atoms with Crippen LogP contribution in [0.2, 0.25) is 10.0 Å².